The van der Waals surface area contributed by atoms with E-state index < -0.39 is 0 Å². The van der Waals surface area contributed by atoms with Crippen LogP contribution in [-0.4, -0.2) is 36.2 Å². The number of allylic oxidation sites excluding steroid dienone is 2. The molecule has 0 saturated carbocycles. The Morgan fingerprint density at radius 2 is 0.781 bits per heavy atom. The first-order valence-corrected chi connectivity index (χ1v) is 14.8. The Bertz CT molecular complexity index is 355. The molecule has 0 aromatic heterocycles. The molecule has 0 aliphatic heterocycles. The Hall–Kier alpha value is -0.340. The summed E-state index contributed by atoms with van der Waals surface area (Å²) in [4.78, 5) is 2.61. The van der Waals surface area contributed by atoms with E-state index in [1.54, 1.807) is 0 Å². The molecule has 2 nitrogen and oxygen atoms in total. The van der Waals surface area contributed by atoms with Gasteiger partial charge in [-0.1, -0.05) is 122 Å². The van der Waals surface area contributed by atoms with Gasteiger partial charge < -0.3 is 10.0 Å². The largest absolute Gasteiger partial charge is 0.396 e. The van der Waals surface area contributed by atoms with Gasteiger partial charge in [0.2, 0.25) is 0 Å². The van der Waals surface area contributed by atoms with Gasteiger partial charge >= 0.3 is 0 Å². The summed E-state index contributed by atoms with van der Waals surface area (Å²) in [5.41, 5.74) is 0. The highest BCUT2D eigenvalue weighted by molar-refractivity contribution is 4.81. The minimum absolute atomic E-state index is 0.334. The molecule has 0 bridgehead atoms. The fourth-order valence-electron chi connectivity index (χ4n) is 4.51. The second kappa shape index (κ2) is 28.7. The molecule has 0 saturated heterocycles. The van der Waals surface area contributed by atoms with Crippen LogP contribution in [0, 0.1) is 0 Å². The van der Waals surface area contributed by atoms with Crippen molar-refractivity contribution in [2.45, 2.75) is 155 Å². The molecule has 0 aromatic carbocycles. The van der Waals surface area contributed by atoms with Gasteiger partial charge in [0.15, 0.2) is 0 Å². The zero-order chi connectivity index (χ0) is 23.4. The molecule has 0 radical (unpaired) electrons. The van der Waals surface area contributed by atoms with Crippen molar-refractivity contribution in [3.8, 4) is 0 Å². The van der Waals surface area contributed by atoms with Crippen LogP contribution in [0.15, 0.2) is 12.2 Å². The van der Waals surface area contributed by atoms with Crippen LogP contribution >= 0.6 is 0 Å². The van der Waals surface area contributed by atoms with E-state index in [1.807, 2.05) is 0 Å². The molecule has 32 heavy (non-hydrogen) atoms. The summed E-state index contributed by atoms with van der Waals surface area (Å²) >= 11 is 0. The lowest BCUT2D eigenvalue weighted by atomic mass is 10.1. The number of unbranched alkanes of at least 4 members (excludes halogenated alkanes) is 18. The normalized spacial score (nSPS) is 11.9. The third kappa shape index (κ3) is 25.9. The maximum absolute atomic E-state index is 9.19. The Balaban J connectivity index is 3.49. The summed E-state index contributed by atoms with van der Waals surface area (Å²) in [7, 11) is 0. The third-order valence-corrected chi connectivity index (χ3v) is 6.70. The standard InChI is InChI=1S/C30H61NO/c1-3-5-7-9-11-12-13-14-15-16-17-18-19-21-23-25-28-31(29-26-30-32)27-24-22-20-10-8-6-4-2/h14-15,32H,3-13,16-30H2,1-2H3/b15-14-. The van der Waals surface area contributed by atoms with E-state index in [2.05, 4.69) is 30.9 Å². The molecule has 1 N–H and O–H groups in total. The van der Waals surface area contributed by atoms with Crippen molar-refractivity contribution in [2.75, 3.05) is 26.2 Å². The van der Waals surface area contributed by atoms with Gasteiger partial charge in [-0.05, 0) is 58.0 Å². The predicted molar refractivity (Wildman–Crippen MR) is 146 cm³/mol. The van der Waals surface area contributed by atoms with Gasteiger partial charge in [0, 0.05) is 13.2 Å². The molecule has 2 heteroatoms. The second-order valence-electron chi connectivity index (χ2n) is 9.98. The zero-order valence-corrected chi connectivity index (χ0v) is 22.4. The van der Waals surface area contributed by atoms with Crippen LogP contribution in [0.3, 0.4) is 0 Å². The van der Waals surface area contributed by atoms with Gasteiger partial charge in [0.25, 0.3) is 0 Å². The molecule has 0 rings (SSSR count). The molecule has 0 aromatic rings. The van der Waals surface area contributed by atoms with Crippen molar-refractivity contribution in [1.82, 2.24) is 4.90 Å². The van der Waals surface area contributed by atoms with Gasteiger partial charge in [0.1, 0.15) is 0 Å². The SMILES string of the molecule is CCCCCCCC/C=C\CCCCCCCCN(CCCO)CCCCCCCCC. The highest BCUT2D eigenvalue weighted by Crippen LogP contribution is 2.12. The fraction of sp³-hybridized carbons (Fsp3) is 0.933. The number of aliphatic hydroxyl groups is 1. The van der Waals surface area contributed by atoms with E-state index in [0.29, 0.717) is 6.61 Å². The number of hydrogen-bond donors (Lipinski definition) is 1. The summed E-state index contributed by atoms with van der Waals surface area (Å²) in [6, 6.07) is 0. The minimum Gasteiger partial charge on any atom is -0.396 e. The van der Waals surface area contributed by atoms with E-state index >= 15 is 0 Å². The topological polar surface area (TPSA) is 23.5 Å². The van der Waals surface area contributed by atoms with Crippen molar-refractivity contribution in [1.29, 1.82) is 0 Å². The van der Waals surface area contributed by atoms with Gasteiger partial charge in [-0.15, -0.1) is 0 Å². The van der Waals surface area contributed by atoms with E-state index in [-0.39, 0.29) is 0 Å². The molecule has 0 amide bonds. The molecule has 0 spiro atoms. The smallest absolute Gasteiger partial charge is 0.0443 e. The lowest BCUT2D eigenvalue weighted by Gasteiger charge is -2.22. The number of rotatable bonds is 27. The molecule has 0 aliphatic carbocycles. The molecule has 192 valence electrons. The highest BCUT2D eigenvalue weighted by Gasteiger charge is 2.04. The van der Waals surface area contributed by atoms with E-state index in [0.717, 1.165) is 13.0 Å². The predicted octanol–water partition coefficient (Wildman–Crippen LogP) is 9.46. The Morgan fingerprint density at radius 1 is 0.438 bits per heavy atom. The van der Waals surface area contributed by atoms with Gasteiger partial charge in [-0.3, -0.25) is 0 Å². The molecule has 0 fully saturated rings. The lowest BCUT2D eigenvalue weighted by Crippen LogP contribution is -2.27. The molecular weight excluding hydrogens is 390 g/mol. The summed E-state index contributed by atoms with van der Waals surface area (Å²) < 4.78 is 0. The Morgan fingerprint density at radius 3 is 1.19 bits per heavy atom. The summed E-state index contributed by atoms with van der Waals surface area (Å²) in [6.07, 6.45) is 34.7. The Kier molecular flexibility index (Phi) is 28.4. The first-order chi connectivity index (χ1) is 15.8. The van der Waals surface area contributed by atoms with Gasteiger partial charge in [-0.2, -0.15) is 0 Å². The maximum atomic E-state index is 9.19. The summed E-state index contributed by atoms with van der Waals surface area (Å²) in [6.45, 7) is 8.46. The van der Waals surface area contributed by atoms with E-state index in [9.17, 15) is 5.11 Å². The molecule has 0 aliphatic rings. The summed E-state index contributed by atoms with van der Waals surface area (Å²) in [5.74, 6) is 0. The van der Waals surface area contributed by atoms with Crippen molar-refractivity contribution < 1.29 is 5.11 Å². The van der Waals surface area contributed by atoms with Crippen LogP contribution in [0.25, 0.3) is 0 Å². The highest BCUT2D eigenvalue weighted by atomic mass is 16.3. The lowest BCUT2D eigenvalue weighted by molar-refractivity contribution is 0.217. The average Bonchev–Trinajstić information content (AvgIpc) is 2.81. The average molecular weight is 452 g/mol. The molecular formula is C30H61NO. The molecule has 0 heterocycles. The zero-order valence-electron chi connectivity index (χ0n) is 22.4. The third-order valence-electron chi connectivity index (χ3n) is 6.70. The second-order valence-corrected chi connectivity index (χ2v) is 9.98. The van der Waals surface area contributed by atoms with E-state index in [1.165, 1.54) is 148 Å². The van der Waals surface area contributed by atoms with Crippen LogP contribution in [0.1, 0.15) is 155 Å². The van der Waals surface area contributed by atoms with Crippen molar-refractivity contribution in [3.05, 3.63) is 12.2 Å². The first-order valence-electron chi connectivity index (χ1n) is 14.8. The van der Waals surface area contributed by atoms with Crippen LogP contribution in [0.2, 0.25) is 0 Å². The fourth-order valence-corrected chi connectivity index (χ4v) is 4.51. The molecule has 0 atom stereocenters. The number of nitrogens with zero attached hydrogens (tertiary/aromatic N) is 1. The van der Waals surface area contributed by atoms with Crippen LogP contribution in [-0.2, 0) is 0 Å². The van der Waals surface area contributed by atoms with Crippen molar-refractivity contribution in [2.24, 2.45) is 0 Å². The van der Waals surface area contributed by atoms with Crippen LogP contribution in [0.4, 0.5) is 0 Å². The van der Waals surface area contributed by atoms with Crippen LogP contribution in [0.5, 0.6) is 0 Å². The van der Waals surface area contributed by atoms with Crippen LogP contribution < -0.4 is 0 Å². The number of hydrogen-bond acceptors (Lipinski definition) is 2. The van der Waals surface area contributed by atoms with Gasteiger partial charge in [-0.25, -0.2) is 0 Å². The first kappa shape index (κ1) is 31.7. The minimum atomic E-state index is 0.334. The van der Waals surface area contributed by atoms with Gasteiger partial charge in [0.05, 0.1) is 0 Å². The maximum Gasteiger partial charge on any atom is 0.0443 e. The summed E-state index contributed by atoms with van der Waals surface area (Å²) in [5, 5.41) is 9.19. The monoisotopic (exact) mass is 451 g/mol. The molecule has 0 unspecified atom stereocenters. The quantitative estimate of drug-likeness (QED) is 0.0992. The van der Waals surface area contributed by atoms with Crippen molar-refractivity contribution in [3.63, 3.8) is 0 Å². The van der Waals surface area contributed by atoms with E-state index in [4.69, 9.17) is 0 Å². The Labute approximate surface area is 203 Å². The van der Waals surface area contributed by atoms with Crippen molar-refractivity contribution >= 4 is 0 Å². The number of aliphatic hydroxyl groups excluding tert-OH is 1.